The van der Waals surface area contributed by atoms with Crippen molar-refractivity contribution in [2.24, 2.45) is 5.73 Å². The standard InChI is InChI=1S/C14H12BrCl2NO/c15-11-3-4-12(16)14(6-11)19-8-10-2-1-9(7-18)5-13(10)17/h1-6H,7-8,18H2. The van der Waals surface area contributed by atoms with Gasteiger partial charge in [-0.2, -0.15) is 0 Å². The molecule has 0 aliphatic rings. The molecule has 0 spiro atoms. The van der Waals surface area contributed by atoms with Gasteiger partial charge in [-0.1, -0.05) is 51.3 Å². The Morgan fingerprint density at radius 1 is 1.05 bits per heavy atom. The first-order valence-electron chi connectivity index (χ1n) is 5.65. The first-order chi connectivity index (χ1) is 9.10. The van der Waals surface area contributed by atoms with Crippen molar-refractivity contribution in [1.29, 1.82) is 0 Å². The molecule has 0 saturated heterocycles. The van der Waals surface area contributed by atoms with Gasteiger partial charge < -0.3 is 10.5 Å². The number of hydrogen-bond donors (Lipinski definition) is 1. The highest BCUT2D eigenvalue weighted by atomic mass is 79.9. The van der Waals surface area contributed by atoms with Crippen LogP contribution in [-0.2, 0) is 13.2 Å². The van der Waals surface area contributed by atoms with Gasteiger partial charge in [-0.3, -0.25) is 0 Å². The van der Waals surface area contributed by atoms with Crippen LogP contribution >= 0.6 is 39.1 Å². The van der Waals surface area contributed by atoms with Gasteiger partial charge in [0.15, 0.2) is 0 Å². The quantitative estimate of drug-likeness (QED) is 0.850. The van der Waals surface area contributed by atoms with Crippen LogP contribution in [0, 0.1) is 0 Å². The van der Waals surface area contributed by atoms with Crippen LogP contribution in [0.4, 0.5) is 0 Å². The summed E-state index contributed by atoms with van der Waals surface area (Å²) in [5.41, 5.74) is 7.45. The van der Waals surface area contributed by atoms with Gasteiger partial charge in [0.05, 0.1) is 5.02 Å². The monoisotopic (exact) mass is 359 g/mol. The van der Waals surface area contributed by atoms with Gasteiger partial charge in [-0.25, -0.2) is 0 Å². The van der Waals surface area contributed by atoms with Crippen molar-refractivity contribution in [1.82, 2.24) is 0 Å². The van der Waals surface area contributed by atoms with Crippen molar-refractivity contribution < 1.29 is 4.74 Å². The maximum atomic E-state index is 6.17. The molecule has 2 rings (SSSR count). The minimum Gasteiger partial charge on any atom is -0.487 e. The molecule has 0 radical (unpaired) electrons. The van der Waals surface area contributed by atoms with Gasteiger partial charge in [-0.15, -0.1) is 0 Å². The molecule has 0 heterocycles. The third-order valence-corrected chi connectivity index (χ3v) is 3.79. The summed E-state index contributed by atoms with van der Waals surface area (Å²) in [7, 11) is 0. The Kier molecular flexibility index (Phi) is 5.11. The molecule has 0 unspecified atom stereocenters. The molecule has 0 aliphatic carbocycles. The zero-order valence-corrected chi connectivity index (χ0v) is 13.1. The van der Waals surface area contributed by atoms with Crippen LogP contribution < -0.4 is 10.5 Å². The van der Waals surface area contributed by atoms with E-state index in [1.165, 1.54) is 0 Å². The van der Waals surface area contributed by atoms with Crippen LogP contribution in [0.5, 0.6) is 5.75 Å². The van der Waals surface area contributed by atoms with Crippen LogP contribution in [0.3, 0.4) is 0 Å². The van der Waals surface area contributed by atoms with Crippen LogP contribution in [0.2, 0.25) is 10.0 Å². The minimum absolute atomic E-state index is 0.361. The van der Waals surface area contributed by atoms with Crippen LogP contribution in [0.1, 0.15) is 11.1 Å². The lowest BCUT2D eigenvalue weighted by Gasteiger charge is -2.10. The van der Waals surface area contributed by atoms with Gasteiger partial charge in [0.1, 0.15) is 12.4 Å². The van der Waals surface area contributed by atoms with Crippen molar-refractivity contribution in [2.75, 3.05) is 0 Å². The highest BCUT2D eigenvalue weighted by Gasteiger charge is 2.06. The second-order valence-electron chi connectivity index (χ2n) is 3.99. The van der Waals surface area contributed by atoms with E-state index in [1.807, 2.05) is 30.3 Å². The van der Waals surface area contributed by atoms with E-state index >= 15 is 0 Å². The van der Waals surface area contributed by atoms with E-state index in [9.17, 15) is 0 Å². The Morgan fingerprint density at radius 2 is 1.84 bits per heavy atom. The average molecular weight is 361 g/mol. The van der Waals surface area contributed by atoms with Gasteiger partial charge in [0.2, 0.25) is 0 Å². The fraction of sp³-hybridized carbons (Fsp3) is 0.143. The summed E-state index contributed by atoms with van der Waals surface area (Å²) in [6.45, 7) is 0.832. The van der Waals surface area contributed by atoms with Gasteiger partial charge in [0, 0.05) is 21.6 Å². The van der Waals surface area contributed by atoms with Gasteiger partial charge >= 0.3 is 0 Å². The summed E-state index contributed by atoms with van der Waals surface area (Å²) in [5, 5.41) is 1.21. The van der Waals surface area contributed by atoms with Crippen LogP contribution in [-0.4, -0.2) is 0 Å². The number of halogens is 3. The largest absolute Gasteiger partial charge is 0.487 e. The molecule has 5 heteroatoms. The van der Waals surface area contributed by atoms with E-state index < -0.39 is 0 Å². The molecule has 2 aromatic rings. The summed E-state index contributed by atoms with van der Waals surface area (Å²) >= 11 is 15.6. The number of ether oxygens (including phenoxy) is 1. The predicted octanol–water partition coefficient (Wildman–Crippen LogP) is 4.79. The summed E-state index contributed by atoms with van der Waals surface area (Å²) < 4.78 is 6.59. The fourth-order valence-electron chi connectivity index (χ4n) is 1.58. The Balaban J connectivity index is 2.12. The highest BCUT2D eigenvalue weighted by Crippen LogP contribution is 2.29. The molecule has 100 valence electrons. The first kappa shape index (κ1) is 14.7. The molecule has 0 amide bonds. The smallest absolute Gasteiger partial charge is 0.139 e. The maximum Gasteiger partial charge on any atom is 0.139 e. The third-order valence-electron chi connectivity index (χ3n) is 2.63. The normalized spacial score (nSPS) is 10.5. The topological polar surface area (TPSA) is 35.2 Å². The molecule has 2 nitrogen and oxygen atoms in total. The van der Waals surface area contributed by atoms with E-state index in [0.29, 0.717) is 28.9 Å². The fourth-order valence-corrected chi connectivity index (χ4v) is 2.35. The average Bonchev–Trinajstić information content (AvgIpc) is 2.40. The lowest BCUT2D eigenvalue weighted by molar-refractivity contribution is 0.306. The lowest BCUT2D eigenvalue weighted by Crippen LogP contribution is -2.00. The minimum atomic E-state index is 0.361. The highest BCUT2D eigenvalue weighted by molar-refractivity contribution is 9.10. The molecule has 0 saturated carbocycles. The maximum absolute atomic E-state index is 6.17. The molecule has 19 heavy (non-hydrogen) atoms. The SMILES string of the molecule is NCc1ccc(COc2cc(Br)ccc2Cl)c(Cl)c1. The molecule has 0 aliphatic heterocycles. The Labute approximate surface area is 130 Å². The van der Waals surface area contributed by atoms with E-state index in [-0.39, 0.29) is 0 Å². The van der Waals surface area contributed by atoms with E-state index in [2.05, 4.69) is 15.9 Å². The summed E-state index contributed by atoms with van der Waals surface area (Å²) in [4.78, 5) is 0. The van der Waals surface area contributed by atoms with E-state index in [0.717, 1.165) is 15.6 Å². The summed E-state index contributed by atoms with van der Waals surface area (Å²) in [6, 6.07) is 11.2. The van der Waals surface area contributed by atoms with Gasteiger partial charge in [-0.05, 0) is 29.8 Å². The van der Waals surface area contributed by atoms with Gasteiger partial charge in [0.25, 0.3) is 0 Å². The second kappa shape index (κ2) is 6.62. The Morgan fingerprint density at radius 3 is 2.53 bits per heavy atom. The number of hydrogen-bond acceptors (Lipinski definition) is 2. The molecular weight excluding hydrogens is 349 g/mol. The molecule has 0 fully saturated rings. The molecule has 0 aromatic heterocycles. The number of benzene rings is 2. The van der Waals surface area contributed by atoms with Crippen molar-refractivity contribution in [2.45, 2.75) is 13.2 Å². The van der Waals surface area contributed by atoms with Crippen LogP contribution in [0.25, 0.3) is 0 Å². The van der Waals surface area contributed by atoms with Crippen molar-refractivity contribution >= 4 is 39.1 Å². The molecule has 2 aromatic carbocycles. The van der Waals surface area contributed by atoms with E-state index in [1.54, 1.807) is 6.07 Å². The predicted molar refractivity (Wildman–Crippen MR) is 82.8 cm³/mol. The molecule has 0 atom stereocenters. The lowest BCUT2D eigenvalue weighted by atomic mass is 10.1. The Bertz CT molecular complexity index is 590. The summed E-state index contributed by atoms with van der Waals surface area (Å²) in [5.74, 6) is 0.620. The first-order valence-corrected chi connectivity index (χ1v) is 7.20. The molecule has 0 bridgehead atoms. The number of nitrogens with two attached hydrogens (primary N) is 1. The zero-order chi connectivity index (χ0) is 13.8. The molecular formula is C14H12BrCl2NO. The zero-order valence-electron chi connectivity index (χ0n) is 10.00. The second-order valence-corrected chi connectivity index (χ2v) is 5.72. The molecule has 2 N–H and O–H groups in total. The van der Waals surface area contributed by atoms with E-state index in [4.69, 9.17) is 33.7 Å². The summed E-state index contributed by atoms with van der Waals surface area (Å²) in [6.07, 6.45) is 0. The van der Waals surface area contributed by atoms with Crippen molar-refractivity contribution in [3.63, 3.8) is 0 Å². The Hall–Kier alpha value is -0.740. The third kappa shape index (κ3) is 3.86. The van der Waals surface area contributed by atoms with Crippen LogP contribution in [0.15, 0.2) is 40.9 Å². The number of rotatable bonds is 4. The van der Waals surface area contributed by atoms with Crippen molar-refractivity contribution in [3.8, 4) is 5.75 Å². The van der Waals surface area contributed by atoms with Crippen molar-refractivity contribution in [3.05, 3.63) is 62.0 Å².